The molecule has 0 fully saturated rings. The smallest absolute Gasteiger partial charge is 0.230 e. The van der Waals surface area contributed by atoms with Gasteiger partial charge in [0.15, 0.2) is 0 Å². The monoisotopic (exact) mass is 301 g/mol. The number of halogens is 1. The summed E-state index contributed by atoms with van der Waals surface area (Å²) < 4.78 is 5.20. The Morgan fingerprint density at radius 1 is 1.37 bits per heavy atom. The minimum absolute atomic E-state index is 0.0791. The highest BCUT2D eigenvalue weighted by Crippen LogP contribution is 2.15. The molecule has 106 valence electrons. The van der Waals surface area contributed by atoms with Crippen LogP contribution in [0.25, 0.3) is 0 Å². The second-order valence-corrected chi connectivity index (χ2v) is 5.44. The van der Waals surface area contributed by atoms with Gasteiger partial charge in [-0.1, -0.05) is 23.7 Å². The first-order valence-corrected chi connectivity index (χ1v) is 7.92. The van der Waals surface area contributed by atoms with E-state index in [9.17, 15) is 4.79 Å². The van der Waals surface area contributed by atoms with Crippen LogP contribution < -0.4 is 5.32 Å². The maximum Gasteiger partial charge on any atom is 0.230 e. The topological polar surface area (TPSA) is 38.3 Å². The van der Waals surface area contributed by atoms with Gasteiger partial charge in [0, 0.05) is 30.5 Å². The molecule has 0 aliphatic heterocycles. The van der Waals surface area contributed by atoms with Gasteiger partial charge < -0.3 is 10.1 Å². The normalized spacial score (nSPS) is 10.4. The largest absolute Gasteiger partial charge is 0.382 e. The zero-order valence-electron chi connectivity index (χ0n) is 11.2. The molecule has 19 heavy (non-hydrogen) atoms. The first kappa shape index (κ1) is 16.3. The Morgan fingerprint density at radius 2 is 2.11 bits per heavy atom. The van der Waals surface area contributed by atoms with Crippen molar-refractivity contribution in [2.45, 2.75) is 19.1 Å². The molecule has 3 nitrogen and oxygen atoms in total. The Hall–Kier alpha value is -0.710. The van der Waals surface area contributed by atoms with Crippen molar-refractivity contribution in [1.29, 1.82) is 0 Å². The molecule has 0 spiro atoms. The lowest BCUT2D eigenvalue weighted by atomic mass is 10.2. The van der Waals surface area contributed by atoms with Crippen LogP contribution in [0.3, 0.4) is 0 Å². The molecule has 0 heterocycles. The van der Waals surface area contributed by atoms with Gasteiger partial charge in [0.05, 0.1) is 5.75 Å². The third-order valence-electron chi connectivity index (χ3n) is 2.41. The molecular formula is C14H20ClNO2S. The second kappa shape index (κ2) is 10.1. The Morgan fingerprint density at radius 3 is 2.79 bits per heavy atom. The Balaban J connectivity index is 2.05. The summed E-state index contributed by atoms with van der Waals surface area (Å²) >= 11 is 7.41. The van der Waals surface area contributed by atoms with E-state index in [4.69, 9.17) is 16.3 Å². The third kappa shape index (κ3) is 8.14. The van der Waals surface area contributed by atoms with Gasteiger partial charge in [0.25, 0.3) is 0 Å². The maximum atomic E-state index is 11.5. The van der Waals surface area contributed by atoms with Crippen LogP contribution in [0.15, 0.2) is 24.3 Å². The standard InChI is InChI=1S/C14H20ClNO2S/c1-2-18-9-3-8-16-14(17)11-19-10-12-4-6-13(15)7-5-12/h4-7H,2-3,8-11H2,1H3,(H,16,17). The molecule has 0 aromatic heterocycles. The van der Waals surface area contributed by atoms with E-state index in [0.29, 0.717) is 18.9 Å². The van der Waals surface area contributed by atoms with Crippen molar-refractivity contribution in [2.24, 2.45) is 0 Å². The van der Waals surface area contributed by atoms with Gasteiger partial charge in [0.1, 0.15) is 0 Å². The zero-order chi connectivity index (χ0) is 13.9. The second-order valence-electron chi connectivity index (χ2n) is 4.02. The zero-order valence-corrected chi connectivity index (χ0v) is 12.7. The minimum atomic E-state index is 0.0791. The van der Waals surface area contributed by atoms with Crippen LogP contribution in [-0.2, 0) is 15.3 Å². The summed E-state index contributed by atoms with van der Waals surface area (Å²) in [5.74, 6) is 1.39. The van der Waals surface area contributed by atoms with Gasteiger partial charge in [-0.05, 0) is 31.0 Å². The average molecular weight is 302 g/mol. The first-order chi connectivity index (χ1) is 9.22. The van der Waals surface area contributed by atoms with Gasteiger partial charge in [-0.25, -0.2) is 0 Å². The summed E-state index contributed by atoms with van der Waals surface area (Å²) in [4.78, 5) is 11.5. The molecule has 1 amide bonds. The number of amides is 1. The maximum absolute atomic E-state index is 11.5. The van der Waals surface area contributed by atoms with Gasteiger partial charge in [-0.15, -0.1) is 11.8 Å². The van der Waals surface area contributed by atoms with Crippen LogP contribution in [0.2, 0.25) is 5.02 Å². The van der Waals surface area contributed by atoms with E-state index >= 15 is 0 Å². The molecule has 0 unspecified atom stereocenters. The molecule has 0 aliphatic carbocycles. The molecular weight excluding hydrogens is 282 g/mol. The number of rotatable bonds is 9. The fourth-order valence-electron chi connectivity index (χ4n) is 1.44. The lowest BCUT2D eigenvalue weighted by molar-refractivity contribution is -0.118. The summed E-state index contributed by atoms with van der Waals surface area (Å²) in [5, 5.41) is 3.61. The Bertz CT molecular complexity index is 370. The predicted octanol–water partition coefficient (Wildman–Crippen LogP) is 3.12. The number of carbonyl (C=O) groups excluding carboxylic acids is 1. The van der Waals surface area contributed by atoms with E-state index in [0.717, 1.165) is 23.8 Å². The lowest BCUT2D eigenvalue weighted by Crippen LogP contribution is -2.26. The molecule has 1 aromatic rings. The van der Waals surface area contributed by atoms with Crippen molar-refractivity contribution >= 4 is 29.3 Å². The summed E-state index contributed by atoms with van der Waals surface area (Å²) in [6, 6.07) is 7.70. The van der Waals surface area contributed by atoms with Crippen molar-refractivity contribution in [3.63, 3.8) is 0 Å². The average Bonchev–Trinajstić information content (AvgIpc) is 2.41. The van der Waals surface area contributed by atoms with Crippen LogP contribution >= 0.6 is 23.4 Å². The van der Waals surface area contributed by atoms with Crippen molar-refractivity contribution in [1.82, 2.24) is 5.32 Å². The summed E-state index contributed by atoms with van der Waals surface area (Å²) in [6.45, 7) is 4.08. The highest BCUT2D eigenvalue weighted by Gasteiger charge is 2.01. The van der Waals surface area contributed by atoms with Gasteiger partial charge in [-0.3, -0.25) is 4.79 Å². The van der Waals surface area contributed by atoms with Crippen molar-refractivity contribution in [3.8, 4) is 0 Å². The summed E-state index contributed by atoms with van der Waals surface area (Å²) in [5.41, 5.74) is 1.18. The number of carbonyl (C=O) groups is 1. The molecule has 1 rings (SSSR count). The fraction of sp³-hybridized carbons (Fsp3) is 0.500. The SMILES string of the molecule is CCOCCCNC(=O)CSCc1ccc(Cl)cc1. The predicted molar refractivity (Wildman–Crippen MR) is 81.7 cm³/mol. The van der Waals surface area contributed by atoms with Crippen molar-refractivity contribution in [2.75, 3.05) is 25.5 Å². The summed E-state index contributed by atoms with van der Waals surface area (Å²) in [6.07, 6.45) is 0.863. The number of nitrogens with one attached hydrogen (secondary N) is 1. The fourth-order valence-corrected chi connectivity index (χ4v) is 2.38. The molecule has 0 atom stereocenters. The van der Waals surface area contributed by atoms with Crippen molar-refractivity contribution < 1.29 is 9.53 Å². The van der Waals surface area contributed by atoms with Crippen LogP contribution in [0.5, 0.6) is 0 Å². The van der Waals surface area contributed by atoms with E-state index in [1.54, 1.807) is 11.8 Å². The number of ether oxygens (including phenoxy) is 1. The molecule has 0 saturated carbocycles. The molecule has 5 heteroatoms. The minimum Gasteiger partial charge on any atom is -0.382 e. The number of hydrogen-bond acceptors (Lipinski definition) is 3. The van der Waals surface area contributed by atoms with Gasteiger partial charge in [-0.2, -0.15) is 0 Å². The van der Waals surface area contributed by atoms with Gasteiger partial charge in [0.2, 0.25) is 5.91 Å². The highest BCUT2D eigenvalue weighted by molar-refractivity contribution is 7.99. The molecule has 1 aromatic carbocycles. The lowest BCUT2D eigenvalue weighted by Gasteiger charge is -2.05. The molecule has 0 aliphatic rings. The number of thioether (sulfide) groups is 1. The van der Waals surface area contributed by atoms with E-state index < -0.39 is 0 Å². The third-order valence-corrected chi connectivity index (χ3v) is 3.66. The Labute approximate surface area is 124 Å². The molecule has 1 N–H and O–H groups in total. The number of hydrogen-bond donors (Lipinski definition) is 1. The quantitative estimate of drug-likeness (QED) is 0.712. The molecule has 0 radical (unpaired) electrons. The van der Waals surface area contributed by atoms with Gasteiger partial charge >= 0.3 is 0 Å². The van der Waals surface area contributed by atoms with E-state index in [1.165, 1.54) is 5.56 Å². The van der Waals surface area contributed by atoms with E-state index in [1.807, 2.05) is 31.2 Å². The van der Waals surface area contributed by atoms with Crippen LogP contribution in [0.4, 0.5) is 0 Å². The number of benzene rings is 1. The molecule has 0 bridgehead atoms. The van der Waals surface area contributed by atoms with Crippen LogP contribution in [0, 0.1) is 0 Å². The van der Waals surface area contributed by atoms with E-state index in [-0.39, 0.29) is 5.91 Å². The van der Waals surface area contributed by atoms with Crippen LogP contribution in [0.1, 0.15) is 18.9 Å². The van der Waals surface area contributed by atoms with Crippen molar-refractivity contribution in [3.05, 3.63) is 34.9 Å². The highest BCUT2D eigenvalue weighted by atomic mass is 35.5. The van der Waals surface area contributed by atoms with E-state index in [2.05, 4.69) is 5.32 Å². The summed E-state index contributed by atoms with van der Waals surface area (Å²) in [7, 11) is 0. The first-order valence-electron chi connectivity index (χ1n) is 6.39. The van der Waals surface area contributed by atoms with Crippen LogP contribution in [-0.4, -0.2) is 31.4 Å². The Kier molecular flexibility index (Phi) is 8.71. The molecule has 0 saturated heterocycles.